The average Bonchev–Trinajstić information content (AvgIpc) is 2.09. The summed E-state index contributed by atoms with van der Waals surface area (Å²) < 4.78 is 0. The van der Waals surface area contributed by atoms with E-state index in [0.717, 1.165) is 5.56 Å². The molecule has 0 heterocycles. The Bertz CT molecular complexity index is 347. The van der Waals surface area contributed by atoms with Crippen molar-refractivity contribution in [2.45, 2.75) is 20.0 Å². The largest absolute Gasteiger partial charge is 0.508 e. The number of anilines is 1. The molecule has 4 nitrogen and oxygen atoms in total. The van der Waals surface area contributed by atoms with E-state index in [1.807, 2.05) is 0 Å². The Kier molecular flexibility index (Phi) is 3.09. The number of phenols is 1. The Morgan fingerprint density at radius 2 is 2.14 bits per heavy atom. The first kappa shape index (κ1) is 10.5. The Labute approximate surface area is 82.2 Å². The summed E-state index contributed by atoms with van der Waals surface area (Å²) in [6.45, 7) is 3.16. The van der Waals surface area contributed by atoms with Crippen molar-refractivity contribution in [3.05, 3.63) is 23.8 Å². The Morgan fingerprint density at radius 3 is 2.64 bits per heavy atom. The van der Waals surface area contributed by atoms with E-state index in [1.54, 1.807) is 13.0 Å². The predicted octanol–water partition coefficient (Wildman–Crippen LogP) is 1.02. The Hall–Kier alpha value is -1.55. The van der Waals surface area contributed by atoms with Crippen molar-refractivity contribution in [2.24, 2.45) is 0 Å². The number of nitrogens with one attached hydrogen (secondary N) is 1. The summed E-state index contributed by atoms with van der Waals surface area (Å²) in [6, 6.07) is 4.60. The SMILES string of the molecule is Cc1cc(O)ccc1NC(=O)C(C)O. The molecule has 1 rings (SSSR count). The maximum absolute atomic E-state index is 11.1. The minimum atomic E-state index is -1.04. The number of carbonyl (C=O) groups is 1. The van der Waals surface area contributed by atoms with Crippen LogP contribution in [0.1, 0.15) is 12.5 Å². The van der Waals surface area contributed by atoms with Crippen molar-refractivity contribution in [3.8, 4) is 5.75 Å². The van der Waals surface area contributed by atoms with Gasteiger partial charge in [-0.1, -0.05) is 0 Å². The number of phenolic OH excluding ortho intramolecular Hbond substituents is 1. The molecule has 0 saturated heterocycles. The lowest BCUT2D eigenvalue weighted by atomic mass is 10.2. The molecule has 14 heavy (non-hydrogen) atoms. The number of aryl methyl sites for hydroxylation is 1. The molecule has 0 aliphatic heterocycles. The lowest BCUT2D eigenvalue weighted by Gasteiger charge is -2.09. The van der Waals surface area contributed by atoms with Crippen LogP contribution in [0.15, 0.2) is 18.2 Å². The van der Waals surface area contributed by atoms with Crippen LogP contribution in [0.3, 0.4) is 0 Å². The maximum Gasteiger partial charge on any atom is 0.252 e. The molecule has 1 aromatic rings. The zero-order valence-electron chi connectivity index (χ0n) is 8.11. The van der Waals surface area contributed by atoms with Gasteiger partial charge in [0.2, 0.25) is 0 Å². The van der Waals surface area contributed by atoms with Gasteiger partial charge in [-0.15, -0.1) is 0 Å². The summed E-state index contributed by atoms with van der Waals surface area (Å²) in [6.07, 6.45) is -1.04. The van der Waals surface area contributed by atoms with E-state index in [1.165, 1.54) is 19.1 Å². The third-order valence-electron chi connectivity index (χ3n) is 1.85. The van der Waals surface area contributed by atoms with Crippen molar-refractivity contribution >= 4 is 11.6 Å². The van der Waals surface area contributed by atoms with E-state index >= 15 is 0 Å². The number of benzene rings is 1. The van der Waals surface area contributed by atoms with Crippen LogP contribution in [-0.2, 0) is 4.79 Å². The first-order chi connectivity index (χ1) is 6.50. The molecule has 0 aliphatic carbocycles. The molecule has 4 heteroatoms. The number of aliphatic hydroxyl groups is 1. The first-order valence-corrected chi connectivity index (χ1v) is 4.29. The Balaban J connectivity index is 2.82. The van der Waals surface area contributed by atoms with Crippen LogP contribution in [0, 0.1) is 6.92 Å². The van der Waals surface area contributed by atoms with Crippen LogP contribution in [0.5, 0.6) is 5.75 Å². The summed E-state index contributed by atoms with van der Waals surface area (Å²) >= 11 is 0. The van der Waals surface area contributed by atoms with Gasteiger partial charge < -0.3 is 15.5 Å². The average molecular weight is 195 g/mol. The fraction of sp³-hybridized carbons (Fsp3) is 0.300. The molecule has 76 valence electrons. The van der Waals surface area contributed by atoms with Crippen LogP contribution >= 0.6 is 0 Å². The molecule has 1 aromatic carbocycles. The van der Waals surface area contributed by atoms with E-state index in [4.69, 9.17) is 10.2 Å². The van der Waals surface area contributed by atoms with Crippen LogP contribution in [-0.4, -0.2) is 22.2 Å². The van der Waals surface area contributed by atoms with Gasteiger partial charge in [0.15, 0.2) is 0 Å². The molecule has 1 atom stereocenters. The minimum Gasteiger partial charge on any atom is -0.508 e. The molecule has 1 amide bonds. The van der Waals surface area contributed by atoms with Gasteiger partial charge in [-0.25, -0.2) is 0 Å². The molecule has 0 saturated carbocycles. The summed E-state index contributed by atoms with van der Waals surface area (Å²) in [4.78, 5) is 11.1. The summed E-state index contributed by atoms with van der Waals surface area (Å²) in [5.74, 6) is -0.309. The van der Waals surface area contributed by atoms with Gasteiger partial charge in [0.05, 0.1) is 0 Å². The highest BCUT2D eigenvalue weighted by Crippen LogP contribution is 2.20. The number of aliphatic hydroxyl groups excluding tert-OH is 1. The number of amides is 1. The van der Waals surface area contributed by atoms with E-state index < -0.39 is 12.0 Å². The fourth-order valence-corrected chi connectivity index (χ4v) is 1.03. The standard InChI is InChI=1S/C10H13NO3/c1-6-5-8(13)3-4-9(6)11-10(14)7(2)12/h3-5,7,12-13H,1-2H3,(H,11,14). The van der Waals surface area contributed by atoms with Gasteiger partial charge in [-0.2, -0.15) is 0 Å². The lowest BCUT2D eigenvalue weighted by Crippen LogP contribution is -2.24. The van der Waals surface area contributed by atoms with Crippen LogP contribution in [0.2, 0.25) is 0 Å². The van der Waals surface area contributed by atoms with E-state index in [9.17, 15) is 4.79 Å². The quantitative estimate of drug-likeness (QED) is 0.617. The smallest absolute Gasteiger partial charge is 0.252 e. The van der Waals surface area contributed by atoms with Gasteiger partial charge in [-0.3, -0.25) is 4.79 Å². The van der Waals surface area contributed by atoms with E-state index in [-0.39, 0.29) is 5.75 Å². The maximum atomic E-state index is 11.1. The molecule has 0 fully saturated rings. The third-order valence-corrected chi connectivity index (χ3v) is 1.85. The summed E-state index contributed by atoms with van der Waals surface area (Å²) in [7, 11) is 0. The zero-order chi connectivity index (χ0) is 10.7. The number of hydrogen-bond donors (Lipinski definition) is 3. The molecular weight excluding hydrogens is 182 g/mol. The van der Waals surface area contributed by atoms with Crippen LogP contribution in [0.25, 0.3) is 0 Å². The van der Waals surface area contributed by atoms with Gasteiger partial charge >= 0.3 is 0 Å². The fourth-order valence-electron chi connectivity index (χ4n) is 1.03. The van der Waals surface area contributed by atoms with Crippen molar-refractivity contribution in [1.29, 1.82) is 0 Å². The molecule has 0 bridgehead atoms. The number of hydrogen-bond acceptors (Lipinski definition) is 3. The van der Waals surface area contributed by atoms with E-state index in [0.29, 0.717) is 5.69 Å². The molecule has 3 N–H and O–H groups in total. The Morgan fingerprint density at radius 1 is 1.50 bits per heavy atom. The summed E-state index contributed by atoms with van der Waals surface area (Å²) in [5.41, 5.74) is 1.34. The second kappa shape index (κ2) is 4.11. The highest BCUT2D eigenvalue weighted by molar-refractivity contribution is 5.94. The number of rotatable bonds is 2. The second-order valence-electron chi connectivity index (χ2n) is 3.16. The van der Waals surface area contributed by atoms with Gasteiger partial charge in [0, 0.05) is 5.69 Å². The lowest BCUT2D eigenvalue weighted by molar-refractivity contribution is -0.123. The number of carbonyl (C=O) groups excluding carboxylic acids is 1. The normalized spacial score (nSPS) is 12.2. The second-order valence-corrected chi connectivity index (χ2v) is 3.16. The zero-order valence-corrected chi connectivity index (χ0v) is 8.11. The van der Waals surface area contributed by atoms with Gasteiger partial charge in [-0.05, 0) is 37.6 Å². The molecule has 0 spiro atoms. The number of aromatic hydroxyl groups is 1. The highest BCUT2D eigenvalue weighted by atomic mass is 16.3. The monoisotopic (exact) mass is 195 g/mol. The predicted molar refractivity (Wildman–Crippen MR) is 53.2 cm³/mol. The van der Waals surface area contributed by atoms with Crippen molar-refractivity contribution in [1.82, 2.24) is 0 Å². The minimum absolute atomic E-state index is 0.151. The molecule has 0 aliphatic rings. The van der Waals surface area contributed by atoms with E-state index in [2.05, 4.69) is 5.32 Å². The van der Waals surface area contributed by atoms with Crippen molar-refractivity contribution in [2.75, 3.05) is 5.32 Å². The van der Waals surface area contributed by atoms with Crippen molar-refractivity contribution in [3.63, 3.8) is 0 Å². The highest BCUT2D eigenvalue weighted by Gasteiger charge is 2.09. The van der Waals surface area contributed by atoms with Crippen LogP contribution < -0.4 is 5.32 Å². The molecule has 0 aromatic heterocycles. The summed E-state index contributed by atoms with van der Waals surface area (Å²) in [5, 5.41) is 20.6. The van der Waals surface area contributed by atoms with Gasteiger partial charge in [0.25, 0.3) is 5.91 Å². The third kappa shape index (κ3) is 2.47. The molecular formula is C10H13NO3. The molecule has 0 radical (unpaired) electrons. The topological polar surface area (TPSA) is 69.6 Å². The first-order valence-electron chi connectivity index (χ1n) is 4.29. The molecule has 1 unspecified atom stereocenters. The van der Waals surface area contributed by atoms with Crippen molar-refractivity contribution < 1.29 is 15.0 Å². The van der Waals surface area contributed by atoms with Crippen LogP contribution in [0.4, 0.5) is 5.69 Å². The van der Waals surface area contributed by atoms with Gasteiger partial charge in [0.1, 0.15) is 11.9 Å².